The Balaban J connectivity index is 2.24. The van der Waals surface area contributed by atoms with Crippen LogP contribution in [0.15, 0.2) is 36.4 Å². The van der Waals surface area contributed by atoms with Crippen LogP contribution in [0.2, 0.25) is 0 Å². The van der Waals surface area contributed by atoms with Crippen LogP contribution in [0.5, 0.6) is 0 Å². The third-order valence-corrected chi connectivity index (χ3v) is 3.20. The minimum atomic E-state index is 0.251. The summed E-state index contributed by atoms with van der Waals surface area (Å²) in [5, 5.41) is 4.71. The zero-order valence-corrected chi connectivity index (χ0v) is 11.4. The quantitative estimate of drug-likeness (QED) is 0.793. The molecular weight excluding hydrogens is 232 g/mol. The lowest BCUT2D eigenvalue weighted by Crippen LogP contribution is -2.23. The fourth-order valence-electron chi connectivity index (χ4n) is 2.18. The molecule has 0 aliphatic heterocycles. The number of aromatic nitrogens is 1. The van der Waals surface area contributed by atoms with E-state index >= 15 is 0 Å². The van der Waals surface area contributed by atoms with Crippen LogP contribution < -0.4 is 5.32 Å². The van der Waals surface area contributed by atoms with Gasteiger partial charge in [-0.15, -0.1) is 12.3 Å². The van der Waals surface area contributed by atoms with Gasteiger partial charge in [-0.25, -0.2) is 0 Å². The second kappa shape index (κ2) is 6.92. The van der Waals surface area contributed by atoms with E-state index < -0.39 is 0 Å². The molecule has 0 saturated carbocycles. The molecule has 98 valence electrons. The van der Waals surface area contributed by atoms with E-state index in [2.05, 4.69) is 42.4 Å². The zero-order valence-electron chi connectivity index (χ0n) is 11.4. The lowest BCUT2D eigenvalue weighted by Gasteiger charge is -2.17. The molecule has 1 N–H and O–H groups in total. The lowest BCUT2D eigenvalue weighted by atomic mass is 10.1. The van der Waals surface area contributed by atoms with E-state index in [1.54, 1.807) is 0 Å². The maximum absolute atomic E-state index is 5.38. The number of pyridine rings is 1. The van der Waals surface area contributed by atoms with E-state index in [4.69, 9.17) is 11.4 Å². The van der Waals surface area contributed by atoms with Crippen molar-refractivity contribution < 1.29 is 0 Å². The lowest BCUT2D eigenvalue weighted by molar-refractivity contribution is 0.496. The topological polar surface area (TPSA) is 24.9 Å². The van der Waals surface area contributed by atoms with Gasteiger partial charge < -0.3 is 5.32 Å². The molecule has 0 amide bonds. The highest BCUT2D eigenvalue weighted by molar-refractivity contribution is 5.78. The van der Waals surface area contributed by atoms with Gasteiger partial charge in [0.2, 0.25) is 0 Å². The highest BCUT2D eigenvalue weighted by Gasteiger charge is 2.11. The SMILES string of the molecule is C#CCCC(NCCC)c1ccc2ccccc2n1. The first kappa shape index (κ1) is 13.6. The van der Waals surface area contributed by atoms with Gasteiger partial charge in [-0.2, -0.15) is 0 Å². The average Bonchev–Trinajstić information content (AvgIpc) is 2.47. The number of para-hydroxylation sites is 1. The number of hydrogen-bond donors (Lipinski definition) is 1. The fraction of sp³-hybridized carbons (Fsp3) is 0.353. The number of fused-ring (bicyclic) bond motifs is 1. The van der Waals surface area contributed by atoms with Crippen LogP contribution in [0.1, 0.15) is 37.9 Å². The normalized spacial score (nSPS) is 12.2. The van der Waals surface area contributed by atoms with Crippen molar-refractivity contribution in [2.24, 2.45) is 0 Å². The monoisotopic (exact) mass is 252 g/mol. The van der Waals surface area contributed by atoms with Crippen molar-refractivity contribution in [1.29, 1.82) is 0 Å². The largest absolute Gasteiger partial charge is 0.309 e. The van der Waals surface area contributed by atoms with Crippen molar-refractivity contribution in [3.05, 3.63) is 42.1 Å². The highest BCUT2D eigenvalue weighted by atomic mass is 14.9. The van der Waals surface area contributed by atoms with Gasteiger partial charge in [0.25, 0.3) is 0 Å². The highest BCUT2D eigenvalue weighted by Crippen LogP contribution is 2.20. The number of benzene rings is 1. The molecule has 0 bridgehead atoms. The van der Waals surface area contributed by atoms with E-state index in [1.807, 2.05) is 12.1 Å². The molecular formula is C17H20N2. The first-order valence-electron chi connectivity index (χ1n) is 6.87. The molecule has 2 heteroatoms. The van der Waals surface area contributed by atoms with Crippen molar-refractivity contribution in [2.75, 3.05) is 6.54 Å². The van der Waals surface area contributed by atoms with Gasteiger partial charge in [0.15, 0.2) is 0 Å². The first-order chi connectivity index (χ1) is 9.35. The molecule has 1 heterocycles. The zero-order chi connectivity index (χ0) is 13.5. The summed E-state index contributed by atoms with van der Waals surface area (Å²) in [7, 11) is 0. The van der Waals surface area contributed by atoms with Crippen molar-refractivity contribution >= 4 is 10.9 Å². The molecule has 0 radical (unpaired) electrons. The fourth-order valence-corrected chi connectivity index (χ4v) is 2.18. The van der Waals surface area contributed by atoms with Crippen LogP contribution in [-0.4, -0.2) is 11.5 Å². The molecule has 2 rings (SSSR count). The molecule has 0 spiro atoms. The van der Waals surface area contributed by atoms with Crippen LogP contribution >= 0.6 is 0 Å². The van der Waals surface area contributed by atoms with Gasteiger partial charge in [-0.3, -0.25) is 4.98 Å². The van der Waals surface area contributed by atoms with Crippen molar-refractivity contribution in [3.63, 3.8) is 0 Å². The summed E-state index contributed by atoms with van der Waals surface area (Å²) in [4.78, 5) is 4.75. The summed E-state index contributed by atoms with van der Waals surface area (Å²) < 4.78 is 0. The minimum Gasteiger partial charge on any atom is -0.309 e. The Morgan fingerprint density at radius 3 is 2.89 bits per heavy atom. The van der Waals surface area contributed by atoms with Crippen LogP contribution in [0, 0.1) is 12.3 Å². The molecule has 1 unspecified atom stereocenters. The van der Waals surface area contributed by atoms with E-state index in [9.17, 15) is 0 Å². The number of rotatable bonds is 6. The standard InChI is InChI=1S/C17H20N2/c1-3-5-9-16(18-13-4-2)17-12-11-14-8-6-7-10-15(14)19-17/h1,6-8,10-12,16,18H,4-5,9,13H2,2H3. The van der Waals surface area contributed by atoms with Gasteiger partial charge in [0.05, 0.1) is 17.3 Å². The number of nitrogens with one attached hydrogen (secondary N) is 1. The Hall–Kier alpha value is -1.85. The van der Waals surface area contributed by atoms with Gasteiger partial charge in [-0.05, 0) is 31.5 Å². The van der Waals surface area contributed by atoms with Crippen LogP contribution in [0.4, 0.5) is 0 Å². The van der Waals surface area contributed by atoms with Crippen LogP contribution in [0.3, 0.4) is 0 Å². The Labute approximate surface area is 115 Å². The number of nitrogens with zero attached hydrogens (tertiary/aromatic N) is 1. The Kier molecular flexibility index (Phi) is 4.94. The van der Waals surface area contributed by atoms with Gasteiger partial charge in [0.1, 0.15) is 0 Å². The van der Waals surface area contributed by atoms with E-state index in [1.165, 1.54) is 5.39 Å². The third-order valence-electron chi connectivity index (χ3n) is 3.20. The maximum atomic E-state index is 5.38. The summed E-state index contributed by atoms with van der Waals surface area (Å²) in [6.45, 7) is 3.16. The van der Waals surface area contributed by atoms with Gasteiger partial charge in [-0.1, -0.05) is 31.2 Å². The van der Waals surface area contributed by atoms with Crippen LogP contribution in [0.25, 0.3) is 10.9 Å². The van der Waals surface area contributed by atoms with E-state index in [0.29, 0.717) is 0 Å². The first-order valence-corrected chi connectivity index (χ1v) is 6.87. The molecule has 0 saturated heterocycles. The Bertz CT molecular complexity index is 569. The molecule has 1 aromatic carbocycles. The molecule has 1 atom stereocenters. The Morgan fingerprint density at radius 2 is 2.11 bits per heavy atom. The van der Waals surface area contributed by atoms with Crippen molar-refractivity contribution in [1.82, 2.24) is 10.3 Å². The molecule has 0 aliphatic carbocycles. The van der Waals surface area contributed by atoms with Gasteiger partial charge in [0, 0.05) is 11.8 Å². The Morgan fingerprint density at radius 1 is 1.26 bits per heavy atom. The molecule has 2 nitrogen and oxygen atoms in total. The molecule has 1 aromatic heterocycles. The molecule has 0 fully saturated rings. The predicted molar refractivity (Wildman–Crippen MR) is 80.8 cm³/mol. The summed E-state index contributed by atoms with van der Waals surface area (Å²) >= 11 is 0. The summed E-state index contributed by atoms with van der Waals surface area (Å²) in [5.74, 6) is 2.71. The maximum Gasteiger partial charge on any atom is 0.0706 e. The van der Waals surface area contributed by atoms with E-state index in [-0.39, 0.29) is 6.04 Å². The van der Waals surface area contributed by atoms with Crippen molar-refractivity contribution in [3.8, 4) is 12.3 Å². The van der Waals surface area contributed by atoms with E-state index in [0.717, 1.165) is 37.0 Å². The third kappa shape index (κ3) is 3.56. The number of hydrogen-bond acceptors (Lipinski definition) is 2. The van der Waals surface area contributed by atoms with Gasteiger partial charge >= 0.3 is 0 Å². The second-order valence-corrected chi connectivity index (χ2v) is 4.68. The molecule has 2 aromatic rings. The van der Waals surface area contributed by atoms with Crippen LogP contribution in [-0.2, 0) is 0 Å². The summed E-state index contributed by atoms with van der Waals surface area (Å²) in [6, 6.07) is 12.7. The smallest absolute Gasteiger partial charge is 0.0706 e. The molecule has 19 heavy (non-hydrogen) atoms. The second-order valence-electron chi connectivity index (χ2n) is 4.68. The number of terminal acetylenes is 1. The average molecular weight is 252 g/mol. The predicted octanol–water partition coefficient (Wildman–Crippen LogP) is 3.69. The minimum absolute atomic E-state index is 0.251. The summed E-state index contributed by atoms with van der Waals surface area (Å²) in [6.07, 6.45) is 8.19. The summed E-state index contributed by atoms with van der Waals surface area (Å²) in [5.41, 5.74) is 2.13. The van der Waals surface area contributed by atoms with Crippen molar-refractivity contribution in [2.45, 2.75) is 32.2 Å². The molecule has 0 aliphatic rings.